The third kappa shape index (κ3) is 3.94. The number of nitrogens with zero attached hydrogens (tertiary/aromatic N) is 4. The van der Waals surface area contributed by atoms with Gasteiger partial charge in [-0.15, -0.1) is 0 Å². The summed E-state index contributed by atoms with van der Waals surface area (Å²) >= 11 is 0. The fourth-order valence-electron chi connectivity index (χ4n) is 3.09. The van der Waals surface area contributed by atoms with Gasteiger partial charge in [-0.1, -0.05) is 64.1 Å². The molecule has 4 aromatic rings. The Morgan fingerprint density at radius 2 is 1.00 bits per heavy atom. The third-order valence-corrected chi connectivity index (χ3v) is 4.78. The Hall–Kier alpha value is -3.34. The van der Waals surface area contributed by atoms with Crippen molar-refractivity contribution < 1.29 is 4.74 Å². The Bertz CT molecular complexity index is 991. The maximum atomic E-state index is 6.41. The first kappa shape index (κ1) is 19.0. The minimum absolute atomic E-state index is 0.299. The molecule has 5 heteroatoms. The zero-order valence-electron chi connectivity index (χ0n) is 17.3. The van der Waals surface area contributed by atoms with Crippen LogP contribution in [0.3, 0.4) is 0 Å². The van der Waals surface area contributed by atoms with Gasteiger partial charge in [0.15, 0.2) is 0 Å². The molecule has 0 aliphatic rings. The Morgan fingerprint density at radius 1 is 0.621 bits per heavy atom. The first-order valence-electron chi connectivity index (χ1n) is 10.0. The van der Waals surface area contributed by atoms with E-state index in [9.17, 15) is 0 Å². The van der Waals surface area contributed by atoms with Crippen LogP contribution in [0, 0.1) is 0 Å². The molecular weight excluding hydrogens is 360 g/mol. The summed E-state index contributed by atoms with van der Waals surface area (Å²) in [5.41, 5.74) is 3.89. The third-order valence-electron chi connectivity index (χ3n) is 4.78. The molecule has 148 valence electrons. The molecule has 4 rings (SSSR count). The van der Waals surface area contributed by atoms with E-state index in [0.717, 1.165) is 22.8 Å². The number of hydrogen-bond acceptors (Lipinski definition) is 3. The van der Waals surface area contributed by atoms with Crippen LogP contribution in [-0.4, -0.2) is 19.6 Å². The van der Waals surface area contributed by atoms with Crippen LogP contribution in [0.25, 0.3) is 11.4 Å². The molecule has 0 spiro atoms. The van der Waals surface area contributed by atoms with E-state index in [1.165, 1.54) is 0 Å². The number of ether oxygens (including phenoxy) is 1. The largest absolute Gasteiger partial charge is 0.420 e. The smallest absolute Gasteiger partial charge is 0.224 e. The second kappa shape index (κ2) is 7.95. The minimum Gasteiger partial charge on any atom is -0.420 e. The Balaban J connectivity index is 1.80. The fourth-order valence-corrected chi connectivity index (χ4v) is 3.09. The van der Waals surface area contributed by atoms with Crippen LogP contribution in [0.15, 0.2) is 72.8 Å². The molecule has 2 aromatic heterocycles. The van der Waals surface area contributed by atoms with Crippen LogP contribution in [-0.2, 0) is 0 Å². The second-order valence-corrected chi connectivity index (χ2v) is 7.72. The average Bonchev–Trinajstić information content (AvgIpc) is 3.35. The van der Waals surface area contributed by atoms with Crippen LogP contribution in [0.1, 0.15) is 50.9 Å². The monoisotopic (exact) mass is 386 g/mol. The van der Waals surface area contributed by atoms with Gasteiger partial charge < -0.3 is 4.74 Å². The van der Waals surface area contributed by atoms with Crippen LogP contribution < -0.4 is 4.74 Å². The zero-order valence-corrected chi connectivity index (χ0v) is 17.3. The van der Waals surface area contributed by atoms with Crippen molar-refractivity contribution in [3.05, 3.63) is 84.2 Å². The van der Waals surface area contributed by atoms with Crippen LogP contribution in [0.4, 0.5) is 0 Å². The number of para-hydroxylation sites is 2. The van der Waals surface area contributed by atoms with Gasteiger partial charge in [0.2, 0.25) is 11.8 Å². The summed E-state index contributed by atoms with van der Waals surface area (Å²) in [4.78, 5) is 0. The lowest BCUT2D eigenvalue weighted by atomic mass is 10.1. The number of hydrogen-bond donors (Lipinski definition) is 0. The van der Waals surface area contributed by atoms with Crippen molar-refractivity contribution in [2.24, 2.45) is 0 Å². The second-order valence-electron chi connectivity index (χ2n) is 7.72. The molecule has 0 radical (unpaired) electrons. The molecule has 0 unspecified atom stereocenters. The van der Waals surface area contributed by atoms with Crippen molar-refractivity contribution in [3.63, 3.8) is 0 Å². The molecule has 29 heavy (non-hydrogen) atoms. The van der Waals surface area contributed by atoms with Gasteiger partial charge in [-0.2, -0.15) is 10.2 Å². The maximum absolute atomic E-state index is 6.41. The zero-order chi connectivity index (χ0) is 20.4. The predicted octanol–water partition coefficient (Wildman–Crippen LogP) is 6.10. The predicted molar refractivity (Wildman–Crippen MR) is 115 cm³/mol. The highest BCUT2D eigenvalue weighted by molar-refractivity contribution is 5.40. The molecule has 2 aromatic carbocycles. The molecule has 0 amide bonds. The molecule has 0 saturated carbocycles. The van der Waals surface area contributed by atoms with Crippen molar-refractivity contribution >= 4 is 0 Å². The van der Waals surface area contributed by atoms with Gasteiger partial charge in [0.05, 0.1) is 22.8 Å². The van der Waals surface area contributed by atoms with Crippen LogP contribution in [0.5, 0.6) is 11.8 Å². The molecule has 0 bridgehead atoms. The summed E-state index contributed by atoms with van der Waals surface area (Å²) in [6, 6.07) is 24.1. The minimum atomic E-state index is 0.299. The number of benzene rings is 2. The van der Waals surface area contributed by atoms with Crippen LogP contribution >= 0.6 is 0 Å². The van der Waals surface area contributed by atoms with Gasteiger partial charge >= 0.3 is 0 Å². The van der Waals surface area contributed by atoms with E-state index in [4.69, 9.17) is 14.9 Å². The maximum Gasteiger partial charge on any atom is 0.224 e. The SMILES string of the molecule is CC(C)c1cc(Oc2cc(C(C)C)nn2-c2ccccc2)n(-c2ccccc2)n1. The summed E-state index contributed by atoms with van der Waals surface area (Å²) in [6.07, 6.45) is 0. The van der Waals surface area contributed by atoms with Gasteiger partial charge in [0, 0.05) is 12.1 Å². The lowest BCUT2D eigenvalue weighted by molar-refractivity contribution is 0.413. The van der Waals surface area contributed by atoms with E-state index >= 15 is 0 Å². The first-order chi connectivity index (χ1) is 14.0. The van der Waals surface area contributed by atoms with Crippen molar-refractivity contribution in [3.8, 4) is 23.1 Å². The molecule has 0 atom stereocenters. The highest BCUT2D eigenvalue weighted by Crippen LogP contribution is 2.31. The van der Waals surface area contributed by atoms with E-state index in [0.29, 0.717) is 23.6 Å². The molecule has 0 aliphatic heterocycles. The lowest BCUT2D eigenvalue weighted by Crippen LogP contribution is -2.04. The van der Waals surface area contributed by atoms with Crippen molar-refractivity contribution in [1.82, 2.24) is 19.6 Å². The van der Waals surface area contributed by atoms with Gasteiger partial charge in [-0.3, -0.25) is 0 Å². The lowest BCUT2D eigenvalue weighted by Gasteiger charge is -2.10. The van der Waals surface area contributed by atoms with Crippen molar-refractivity contribution in [2.75, 3.05) is 0 Å². The standard InChI is InChI=1S/C24H26N4O/c1-17(2)21-15-23(27(25-21)19-11-7-5-8-12-19)29-24-16-22(18(3)4)26-28(24)20-13-9-6-10-14-20/h5-18H,1-4H3. The van der Waals surface area contributed by atoms with Gasteiger partial charge in [0.1, 0.15) is 0 Å². The highest BCUT2D eigenvalue weighted by atomic mass is 16.5. The van der Waals surface area contributed by atoms with Gasteiger partial charge in [-0.25, -0.2) is 9.36 Å². The Kier molecular flexibility index (Phi) is 5.21. The van der Waals surface area contributed by atoms with E-state index in [-0.39, 0.29) is 0 Å². The quantitative estimate of drug-likeness (QED) is 0.402. The Morgan fingerprint density at radius 3 is 1.34 bits per heavy atom. The number of rotatable bonds is 6. The summed E-state index contributed by atoms with van der Waals surface area (Å²) in [5, 5.41) is 9.56. The molecular formula is C24H26N4O. The average molecular weight is 386 g/mol. The summed E-state index contributed by atoms with van der Waals surface area (Å²) in [5.74, 6) is 1.94. The molecule has 0 N–H and O–H groups in total. The summed E-state index contributed by atoms with van der Waals surface area (Å²) in [7, 11) is 0. The number of aromatic nitrogens is 4. The van der Waals surface area contributed by atoms with E-state index < -0.39 is 0 Å². The van der Waals surface area contributed by atoms with Crippen molar-refractivity contribution in [2.45, 2.75) is 39.5 Å². The molecule has 0 saturated heterocycles. The van der Waals surface area contributed by atoms with Gasteiger partial charge in [0.25, 0.3) is 0 Å². The molecule has 0 fully saturated rings. The summed E-state index contributed by atoms with van der Waals surface area (Å²) in [6.45, 7) is 8.53. The fraction of sp³-hybridized carbons (Fsp3) is 0.250. The highest BCUT2D eigenvalue weighted by Gasteiger charge is 2.18. The summed E-state index contributed by atoms with van der Waals surface area (Å²) < 4.78 is 10.1. The van der Waals surface area contributed by atoms with Gasteiger partial charge in [-0.05, 0) is 36.1 Å². The topological polar surface area (TPSA) is 44.9 Å². The van der Waals surface area contributed by atoms with Crippen molar-refractivity contribution in [1.29, 1.82) is 0 Å². The molecule has 2 heterocycles. The van der Waals surface area contributed by atoms with Crippen LogP contribution in [0.2, 0.25) is 0 Å². The normalized spacial score (nSPS) is 11.4. The molecule has 5 nitrogen and oxygen atoms in total. The van der Waals surface area contributed by atoms with E-state index in [1.807, 2.05) is 82.2 Å². The van der Waals surface area contributed by atoms with E-state index in [1.54, 1.807) is 0 Å². The van der Waals surface area contributed by atoms with E-state index in [2.05, 4.69) is 27.7 Å². The molecule has 0 aliphatic carbocycles. The first-order valence-corrected chi connectivity index (χ1v) is 10.0. The Labute approximate surface area is 171 Å².